The second kappa shape index (κ2) is 10.7. The number of benzene rings is 1. The zero-order valence-electron chi connectivity index (χ0n) is 18.0. The second-order valence-electron chi connectivity index (χ2n) is 6.32. The molecule has 0 aliphatic rings. The summed E-state index contributed by atoms with van der Waals surface area (Å²) in [5.74, 6) is -2.28. The highest BCUT2D eigenvalue weighted by atomic mass is 19.1. The van der Waals surface area contributed by atoms with Crippen LogP contribution in [0.15, 0.2) is 35.3 Å². The maximum absolute atomic E-state index is 13.3. The molecule has 1 aromatic heterocycles. The van der Waals surface area contributed by atoms with Gasteiger partial charge < -0.3 is 28.4 Å². The van der Waals surface area contributed by atoms with Crippen LogP contribution < -0.4 is 15.1 Å². The molecule has 1 amide bonds. The van der Waals surface area contributed by atoms with Crippen molar-refractivity contribution in [2.24, 2.45) is 0 Å². The van der Waals surface area contributed by atoms with Crippen molar-refractivity contribution < 1.29 is 32.9 Å². The molecule has 0 saturated carbocycles. The van der Waals surface area contributed by atoms with Crippen LogP contribution in [0.2, 0.25) is 0 Å². The molecular formula is C21H25FN2O7. The standard InChI is InChI=1S/C21H25FN2O7/c1-6-24(14-9-7-13(22)8-10-14)20(26)15-11-23(12-16(28-2)29-3)17(21(27)31-5)19(30-4)18(15)25/h7-11,16H,6,12H2,1-5H3. The van der Waals surface area contributed by atoms with E-state index in [0.717, 1.165) is 7.11 Å². The number of amides is 1. The van der Waals surface area contributed by atoms with Gasteiger partial charge in [-0.25, -0.2) is 9.18 Å². The lowest BCUT2D eigenvalue weighted by atomic mass is 10.1. The van der Waals surface area contributed by atoms with Crippen LogP contribution in [0.5, 0.6) is 5.75 Å². The molecule has 0 atom stereocenters. The first-order chi connectivity index (χ1) is 14.8. The first-order valence-electron chi connectivity index (χ1n) is 9.35. The molecule has 0 aliphatic carbocycles. The third-order valence-corrected chi connectivity index (χ3v) is 4.62. The first kappa shape index (κ1) is 24.0. The predicted molar refractivity (Wildman–Crippen MR) is 110 cm³/mol. The Morgan fingerprint density at radius 2 is 1.71 bits per heavy atom. The van der Waals surface area contributed by atoms with Crippen molar-refractivity contribution in [2.75, 3.05) is 39.9 Å². The Labute approximate surface area is 178 Å². The van der Waals surface area contributed by atoms with E-state index in [-0.39, 0.29) is 30.1 Å². The van der Waals surface area contributed by atoms with Crippen molar-refractivity contribution in [1.82, 2.24) is 4.57 Å². The zero-order chi connectivity index (χ0) is 23.1. The molecule has 10 heteroatoms. The third-order valence-electron chi connectivity index (χ3n) is 4.62. The van der Waals surface area contributed by atoms with Crippen LogP contribution in [0.4, 0.5) is 10.1 Å². The van der Waals surface area contributed by atoms with E-state index in [4.69, 9.17) is 18.9 Å². The van der Waals surface area contributed by atoms with E-state index < -0.39 is 29.4 Å². The molecule has 0 fully saturated rings. The zero-order valence-corrected chi connectivity index (χ0v) is 18.0. The summed E-state index contributed by atoms with van der Waals surface area (Å²) in [6.07, 6.45) is 0.453. The molecule has 0 spiro atoms. The molecule has 0 aliphatic heterocycles. The largest absolute Gasteiger partial charge is 0.491 e. The lowest BCUT2D eigenvalue weighted by molar-refractivity contribution is -0.111. The Bertz CT molecular complexity index is 984. The van der Waals surface area contributed by atoms with Crippen LogP contribution in [-0.2, 0) is 20.8 Å². The predicted octanol–water partition coefficient (Wildman–Crippen LogP) is 2.07. The Kier molecular flexibility index (Phi) is 8.29. The van der Waals surface area contributed by atoms with E-state index in [1.807, 2.05) is 0 Å². The third kappa shape index (κ3) is 5.09. The van der Waals surface area contributed by atoms with Crippen molar-refractivity contribution in [3.63, 3.8) is 0 Å². The number of anilines is 1. The van der Waals surface area contributed by atoms with Crippen molar-refractivity contribution in [2.45, 2.75) is 19.8 Å². The van der Waals surface area contributed by atoms with Crippen molar-refractivity contribution in [1.29, 1.82) is 0 Å². The van der Waals surface area contributed by atoms with Gasteiger partial charge >= 0.3 is 5.97 Å². The number of nitrogens with zero attached hydrogens (tertiary/aromatic N) is 2. The fourth-order valence-corrected chi connectivity index (χ4v) is 3.05. The summed E-state index contributed by atoms with van der Waals surface area (Å²) >= 11 is 0. The monoisotopic (exact) mass is 436 g/mol. The second-order valence-corrected chi connectivity index (χ2v) is 6.32. The lowest BCUT2D eigenvalue weighted by Crippen LogP contribution is -2.37. The topological polar surface area (TPSA) is 96.3 Å². The van der Waals surface area contributed by atoms with Crippen LogP contribution in [0.1, 0.15) is 27.8 Å². The lowest BCUT2D eigenvalue weighted by Gasteiger charge is -2.24. The van der Waals surface area contributed by atoms with Crippen molar-refractivity contribution in [3.8, 4) is 5.75 Å². The molecule has 1 aromatic carbocycles. The molecule has 2 rings (SSSR count). The van der Waals surface area contributed by atoms with E-state index in [1.165, 1.54) is 61.3 Å². The number of ether oxygens (including phenoxy) is 4. The van der Waals surface area contributed by atoms with Crippen LogP contribution in [0, 0.1) is 5.82 Å². The molecule has 0 bridgehead atoms. The number of aromatic nitrogens is 1. The van der Waals surface area contributed by atoms with Gasteiger partial charge in [0.15, 0.2) is 17.7 Å². The van der Waals surface area contributed by atoms with Crippen molar-refractivity contribution in [3.05, 3.63) is 57.8 Å². The number of methoxy groups -OCH3 is 4. The normalized spacial score (nSPS) is 10.8. The minimum Gasteiger partial charge on any atom is -0.491 e. The highest BCUT2D eigenvalue weighted by Gasteiger charge is 2.29. The number of pyridine rings is 1. The molecule has 168 valence electrons. The average Bonchev–Trinajstić information content (AvgIpc) is 2.78. The Balaban J connectivity index is 2.68. The number of carbonyl (C=O) groups excluding carboxylic acids is 2. The van der Waals surface area contributed by atoms with E-state index in [9.17, 15) is 18.8 Å². The van der Waals surface area contributed by atoms with Gasteiger partial charge in [0, 0.05) is 32.6 Å². The number of hydrogen-bond acceptors (Lipinski definition) is 7. The van der Waals surface area contributed by atoms with Crippen LogP contribution >= 0.6 is 0 Å². The molecule has 2 aromatic rings. The van der Waals surface area contributed by atoms with Gasteiger partial charge in [-0.05, 0) is 31.2 Å². The Morgan fingerprint density at radius 3 is 2.19 bits per heavy atom. The van der Waals surface area contributed by atoms with Gasteiger partial charge in [-0.2, -0.15) is 0 Å². The van der Waals surface area contributed by atoms with Gasteiger partial charge in [-0.15, -0.1) is 0 Å². The van der Waals surface area contributed by atoms with E-state index in [0.29, 0.717) is 5.69 Å². The fourth-order valence-electron chi connectivity index (χ4n) is 3.05. The van der Waals surface area contributed by atoms with Gasteiger partial charge in [-0.1, -0.05) is 0 Å². The molecule has 0 radical (unpaired) electrons. The summed E-state index contributed by atoms with van der Waals surface area (Å²) in [6.45, 7) is 1.90. The molecule has 0 N–H and O–H groups in total. The van der Waals surface area contributed by atoms with Crippen LogP contribution in [0.25, 0.3) is 0 Å². The van der Waals surface area contributed by atoms with Gasteiger partial charge in [-0.3, -0.25) is 9.59 Å². The first-order valence-corrected chi connectivity index (χ1v) is 9.35. The summed E-state index contributed by atoms with van der Waals surface area (Å²) in [5.41, 5.74) is -0.810. The average molecular weight is 436 g/mol. The molecule has 0 unspecified atom stereocenters. The molecular weight excluding hydrogens is 411 g/mol. The highest BCUT2D eigenvalue weighted by molar-refractivity contribution is 6.06. The maximum Gasteiger partial charge on any atom is 0.358 e. The van der Waals surface area contributed by atoms with Gasteiger partial charge in [0.1, 0.15) is 11.4 Å². The summed E-state index contributed by atoms with van der Waals surface area (Å²) in [5, 5.41) is 0. The summed E-state index contributed by atoms with van der Waals surface area (Å²) < 4.78 is 34.9. The SMILES string of the molecule is CCN(C(=O)c1cn(CC(OC)OC)c(C(=O)OC)c(OC)c1=O)c1ccc(F)cc1. The molecule has 0 saturated heterocycles. The summed E-state index contributed by atoms with van der Waals surface area (Å²) in [7, 11) is 5.19. The van der Waals surface area contributed by atoms with Crippen molar-refractivity contribution >= 4 is 17.6 Å². The van der Waals surface area contributed by atoms with E-state index >= 15 is 0 Å². The van der Waals surface area contributed by atoms with Gasteiger partial charge in [0.2, 0.25) is 5.43 Å². The molecule has 31 heavy (non-hydrogen) atoms. The quantitative estimate of drug-likeness (QED) is 0.439. The minimum absolute atomic E-state index is 0.0307. The molecule has 1 heterocycles. The maximum atomic E-state index is 13.3. The number of halogens is 1. The Hall–Kier alpha value is -3.24. The van der Waals surface area contributed by atoms with Gasteiger partial charge in [0.25, 0.3) is 5.91 Å². The smallest absolute Gasteiger partial charge is 0.358 e. The number of esters is 1. The minimum atomic E-state index is -0.829. The number of carbonyl (C=O) groups is 2. The van der Waals surface area contributed by atoms with Gasteiger partial charge in [0.05, 0.1) is 20.8 Å². The summed E-state index contributed by atoms with van der Waals surface area (Å²) in [6, 6.07) is 5.29. The van der Waals surface area contributed by atoms with E-state index in [1.54, 1.807) is 6.92 Å². The van der Waals surface area contributed by atoms with E-state index in [2.05, 4.69) is 0 Å². The van der Waals surface area contributed by atoms with Crippen LogP contribution in [-0.4, -0.2) is 57.7 Å². The highest BCUT2D eigenvalue weighted by Crippen LogP contribution is 2.21. The number of rotatable bonds is 9. The molecule has 9 nitrogen and oxygen atoms in total. The number of hydrogen-bond donors (Lipinski definition) is 0. The summed E-state index contributed by atoms with van der Waals surface area (Å²) in [4.78, 5) is 40.0. The fraction of sp³-hybridized carbons (Fsp3) is 0.381. The van der Waals surface area contributed by atoms with Crippen LogP contribution in [0.3, 0.4) is 0 Å². The Morgan fingerprint density at radius 1 is 1.10 bits per heavy atom.